The minimum Gasteiger partial charge on any atom is -0.481 e. The Morgan fingerprint density at radius 3 is 2.69 bits per heavy atom. The van der Waals surface area contributed by atoms with Gasteiger partial charge in [-0.15, -0.1) is 0 Å². The predicted molar refractivity (Wildman–Crippen MR) is 60.3 cm³/mol. The van der Waals surface area contributed by atoms with E-state index < -0.39 is 11.4 Å². The van der Waals surface area contributed by atoms with Gasteiger partial charge in [0, 0.05) is 12.7 Å². The Morgan fingerprint density at radius 1 is 1.50 bits per heavy atom. The van der Waals surface area contributed by atoms with Crippen LogP contribution in [0.4, 0.5) is 0 Å². The molecule has 0 aliphatic heterocycles. The van der Waals surface area contributed by atoms with Crippen molar-refractivity contribution in [3.63, 3.8) is 0 Å². The van der Waals surface area contributed by atoms with Gasteiger partial charge in [0.05, 0.1) is 5.69 Å². The van der Waals surface area contributed by atoms with Crippen molar-refractivity contribution in [2.75, 3.05) is 0 Å². The summed E-state index contributed by atoms with van der Waals surface area (Å²) in [6.07, 6.45) is 6.45. The van der Waals surface area contributed by atoms with Gasteiger partial charge in [0.1, 0.15) is 5.41 Å². The van der Waals surface area contributed by atoms with Crippen LogP contribution in [0.15, 0.2) is 12.3 Å². The number of carboxylic acid groups (broad SMARTS) is 1. The fraction of sp³-hybridized carbons (Fsp3) is 0.667. The third-order valence-corrected chi connectivity index (χ3v) is 3.57. The summed E-state index contributed by atoms with van der Waals surface area (Å²) in [4.78, 5) is 11.5. The maximum Gasteiger partial charge on any atom is 0.315 e. The average molecular weight is 222 g/mol. The van der Waals surface area contributed by atoms with Crippen LogP contribution in [0.1, 0.15) is 44.7 Å². The summed E-state index contributed by atoms with van der Waals surface area (Å²) >= 11 is 0. The monoisotopic (exact) mass is 222 g/mol. The molecule has 1 aromatic rings. The molecule has 1 saturated carbocycles. The topological polar surface area (TPSA) is 55.1 Å². The first-order valence-electron chi connectivity index (χ1n) is 5.96. The molecule has 2 rings (SSSR count). The van der Waals surface area contributed by atoms with Gasteiger partial charge in [0.2, 0.25) is 0 Å². The van der Waals surface area contributed by atoms with Crippen LogP contribution in [-0.4, -0.2) is 20.9 Å². The lowest BCUT2D eigenvalue weighted by molar-refractivity contribution is -0.145. The lowest BCUT2D eigenvalue weighted by Crippen LogP contribution is -2.38. The zero-order chi connectivity index (χ0) is 11.6. The Morgan fingerprint density at radius 2 is 2.19 bits per heavy atom. The number of hydrogen-bond acceptors (Lipinski definition) is 2. The molecule has 4 nitrogen and oxygen atoms in total. The Hall–Kier alpha value is -1.32. The smallest absolute Gasteiger partial charge is 0.315 e. The van der Waals surface area contributed by atoms with Crippen LogP contribution in [0.2, 0.25) is 0 Å². The average Bonchev–Trinajstić information content (AvgIpc) is 2.78. The van der Waals surface area contributed by atoms with Crippen molar-refractivity contribution in [3.05, 3.63) is 18.0 Å². The van der Waals surface area contributed by atoms with Gasteiger partial charge in [-0.1, -0.05) is 19.3 Å². The SMILES string of the molecule is CCn1ccc(C2(C(=O)O)CCCCC2)n1. The van der Waals surface area contributed by atoms with E-state index in [1.807, 2.05) is 19.2 Å². The van der Waals surface area contributed by atoms with Gasteiger partial charge in [-0.25, -0.2) is 0 Å². The molecule has 0 atom stereocenters. The van der Waals surface area contributed by atoms with Gasteiger partial charge in [-0.05, 0) is 25.8 Å². The fourth-order valence-corrected chi connectivity index (χ4v) is 2.53. The summed E-state index contributed by atoms with van der Waals surface area (Å²) in [6.45, 7) is 2.79. The van der Waals surface area contributed by atoms with Gasteiger partial charge in [-0.3, -0.25) is 9.48 Å². The molecule has 0 unspecified atom stereocenters. The zero-order valence-corrected chi connectivity index (χ0v) is 9.65. The Kier molecular flexibility index (Phi) is 2.99. The van der Waals surface area contributed by atoms with Gasteiger partial charge in [0.25, 0.3) is 0 Å². The number of carbonyl (C=O) groups is 1. The molecule has 1 aliphatic rings. The fourth-order valence-electron chi connectivity index (χ4n) is 2.53. The van der Waals surface area contributed by atoms with Crippen LogP contribution in [0.3, 0.4) is 0 Å². The molecule has 1 aromatic heterocycles. The molecule has 0 radical (unpaired) electrons. The standard InChI is InChI=1S/C12H18N2O2/c1-2-14-9-6-10(13-14)12(11(15)16)7-4-3-5-8-12/h6,9H,2-5,7-8H2,1H3,(H,15,16). The van der Waals surface area contributed by atoms with Crippen LogP contribution < -0.4 is 0 Å². The molecule has 1 N–H and O–H groups in total. The lowest BCUT2D eigenvalue weighted by Gasteiger charge is -2.31. The van der Waals surface area contributed by atoms with E-state index in [4.69, 9.17) is 0 Å². The van der Waals surface area contributed by atoms with Crippen LogP contribution in [-0.2, 0) is 16.8 Å². The molecule has 16 heavy (non-hydrogen) atoms. The second kappa shape index (κ2) is 4.28. The second-order valence-corrected chi connectivity index (χ2v) is 4.50. The summed E-state index contributed by atoms with van der Waals surface area (Å²) in [7, 11) is 0. The molecule has 0 amide bonds. The van der Waals surface area contributed by atoms with E-state index in [-0.39, 0.29) is 0 Å². The minimum atomic E-state index is -0.724. The summed E-state index contributed by atoms with van der Waals surface area (Å²) in [5.74, 6) is -0.714. The summed E-state index contributed by atoms with van der Waals surface area (Å²) in [5, 5.41) is 13.9. The normalized spacial score (nSPS) is 19.6. The molecule has 4 heteroatoms. The summed E-state index contributed by atoms with van der Waals surface area (Å²) in [6, 6.07) is 1.86. The van der Waals surface area contributed by atoms with Crippen LogP contribution in [0.25, 0.3) is 0 Å². The van der Waals surface area contributed by atoms with E-state index in [1.54, 1.807) is 4.68 Å². The summed E-state index contributed by atoms with van der Waals surface area (Å²) < 4.78 is 1.80. The van der Waals surface area contributed by atoms with Crippen LogP contribution in [0.5, 0.6) is 0 Å². The lowest BCUT2D eigenvalue weighted by atomic mass is 9.72. The molecule has 1 heterocycles. The first kappa shape index (κ1) is 11.2. The third-order valence-electron chi connectivity index (χ3n) is 3.57. The highest BCUT2D eigenvalue weighted by Gasteiger charge is 2.43. The third kappa shape index (κ3) is 1.72. The number of aromatic nitrogens is 2. The number of hydrogen-bond donors (Lipinski definition) is 1. The van der Waals surface area contributed by atoms with Crippen molar-refractivity contribution in [3.8, 4) is 0 Å². The largest absolute Gasteiger partial charge is 0.481 e. The van der Waals surface area contributed by atoms with Gasteiger partial charge < -0.3 is 5.11 Å². The molecule has 0 bridgehead atoms. The number of aryl methyl sites for hydroxylation is 1. The van der Waals surface area contributed by atoms with E-state index in [2.05, 4.69) is 5.10 Å². The van der Waals surface area contributed by atoms with Gasteiger partial charge >= 0.3 is 5.97 Å². The second-order valence-electron chi connectivity index (χ2n) is 4.50. The van der Waals surface area contributed by atoms with Crippen molar-refractivity contribution in [1.82, 2.24) is 9.78 Å². The van der Waals surface area contributed by atoms with E-state index >= 15 is 0 Å². The Balaban J connectivity index is 2.34. The van der Waals surface area contributed by atoms with Gasteiger partial charge in [-0.2, -0.15) is 5.10 Å². The van der Waals surface area contributed by atoms with Crippen molar-refractivity contribution >= 4 is 5.97 Å². The molecule has 1 aliphatic carbocycles. The van der Waals surface area contributed by atoms with Crippen molar-refractivity contribution in [1.29, 1.82) is 0 Å². The zero-order valence-electron chi connectivity index (χ0n) is 9.65. The Labute approximate surface area is 95.3 Å². The molecule has 88 valence electrons. The number of rotatable bonds is 3. The predicted octanol–water partition coefficient (Wildman–Crippen LogP) is 2.19. The van der Waals surface area contributed by atoms with Crippen LogP contribution in [0, 0.1) is 0 Å². The Bertz CT molecular complexity index is 378. The van der Waals surface area contributed by atoms with Crippen molar-refractivity contribution in [2.45, 2.75) is 51.0 Å². The van der Waals surface area contributed by atoms with Crippen LogP contribution >= 0.6 is 0 Å². The quantitative estimate of drug-likeness (QED) is 0.852. The molecule has 0 saturated heterocycles. The molecular weight excluding hydrogens is 204 g/mol. The van der Waals surface area contributed by atoms with E-state index in [0.717, 1.165) is 44.3 Å². The maximum atomic E-state index is 11.5. The highest BCUT2D eigenvalue weighted by molar-refractivity contribution is 5.80. The molecule has 1 fully saturated rings. The number of carboxylic acids is 1. The van der Waals surface area contributed by atoms with E-state index in [9.17, 15) is 9.90 Å². The first-order valence-corrected chi connectivity index (χ1v) is 5.96. The molecular formula is C12H18N2O2. The van der Waals surface area contributed by atoms with Crippen molar-refractivity contribution < 1.29 is 9.90 Å². The maximum absolute atomic E-state index is 11.5. The highest BCUT2D eigenvalue weighted by atomic mass is 16.4. The minimum absolute atomic E-state index is 0.714. The van der Waals surface area contributed by atoms with E-state index in [0.29, 0.717) is 0 Å². The number of aliphatic carboxylic acids is 1. The molecule has 0 spiro atoms. The summed E-state index contributed by atoms with van der Waals surface area (Å²) in [5.41, 5.74) is 0.0140. The van der Waals surface area contributed by atoms with E-state index in [1.165, 1.54) is 0 Å². The molecule has 0 aromatic carbocycles. The first-order chi connectivity index (χ1) is 7.69. The van der Waals surface area contributed by atoms with Crippen molar-refractivity contribution in [2.24, 2.45) is 0 Å². The highest BCUT2D eigenvalue weighted by Crippen LogP contribution is 2.38. The van der Waals surface area contributed by atoms with Gasteiger partial charge in [0.15, 0.2) is 0 Å². The number of nitrogens with zero attached hydrogens (tertiary/aromatic N) is 2.